The minimum Gasteiger partial charge on any atom is -0.346 e. The molecule has 0 spiro atoms. The number of ketones is 1. The molecule has 5 nitrogen and oxygen atoms in total. The third-order valence-electron chi connectivity index (χ3n) is 6.87. The Hall–Kier alpha value is -4.69. The zero-order valence-electron chi connectivity index (χ0n) is 21.2. The van der Waals surface area contributed by atoms with Crippen molar-refractivity contribution in [2.45, 2.75) is 19.4 Å². The van der Waals surface area contributed by atoms with Crippen LogP contribution in [0.3, 0.4) is 0 Å². The van der Waals surface area contributed by atoms with Gasteiger partial charge >= 0.3 is 0 Å². The fourth-order valence-electron chi connectivity index (χ4n) is 4.81. The van der Waals surface area contributed by atoms with Gasteiger partial charge in [-0.15, -0.1) is 11.3 Å². The molecule has 6 rings (SSSR count). The van der Waals surface area contributed by atoms with Crippen molar-refractivity contribution >= 4 is 28.2 Å². The highest BCUT2D eigenvalue weighted by Crippen LogP contribution is 2.33. The number of aryl methyl sites for hydroxylation is 1. The Balaban J connectivity index is 1.20. The number of fused-ring (bicyclic) bond motifs is 1. The number of hydrogen-bond acceptors (Lipinski definition) is 4. The van der Waals surface area contributed by atoms with Crippen molar-refractivity contribution in [3.63, 3.8) is 0 Å². The predicted octanol–water partition coefficient (Wildman–Crippen LogP) is 7.26. The number of rotatable bonds is 8. The second-order valence-corrected chi connectivity index (χ2v) is 10.5. The molecule has 0 saturated heterocycles. The van der Waals surface area contributed by atoms with Crippen molar-refractivity contribution in [2.75, 3.05) is 0 Å². The first-order valence-electron chi connectivity index (χ1n) is 12.7. The number of H-pyrrole nitrogens is 1. The van der Waals surface area contributed by atoms with Gasteiger partial charge in [-0.1, -0.05) is 36.4 Å². The Morgan fingerprint density at radius 2 is 1.82 bits per heavy atom. The van der Waals surface area contributed by atoms with Gasteiger partial charge in [0.1, 0.15) is 5.65 Å². The number of carbonyl (C=O) groups is 1. The topological polar surface area (TPSA) is 67.8 Å². The van der Waals surface area contributed by atoms with Crippen LogP contribution in [0.25, 0.3) is 32.6 Å². The van der Waals surface area contributed by atoms with Crippen molar-refractivity contribution in [3.05, 3.63) is 135 Å². The third kappa shape index (κ3) is 5.13. The average Bonchev–Trinajstić information content (AvgIpc) is 3.65. The average molecular weight is 552 g/mol. The Bertz CT molecular complexity index is 1910. The smallest absolute Gasteiger partial charge is 0.261 e. The molecule has 198 valence electrons. The van der Waals surface area contributed by atoms with E-state index in [1.807, 2.05) is 42.0 Å². The van der Waals surface area contributed by atoms with Crippen molar-refractivity contribution in [1.82, 2.24) is 14.5 Å². The number of aromatic nitrogens is 3. The van der Waals surface area contributed by atoms with E-state index in [0.29, 0.717) is 12.0 Å². The number of carbonyl (C=O) groups excluding carboxylic acids is 1. The summed E-state index contributed by atoms with van der Waals surface area (Å²) in [7, 11) is 0. The second-order valence-electron chi connectivity index (χ2n) is 9.53. The summed E-state index contributed by atoms with van der Waals surface area (Å²) in [5.74, 6) is -2.20. The molecule has 0 radical (unpaired) electrons. The van der Waals surface area contributed by atoms with Crippen LogP contribution < -0.4 is 5.56 Å². The zero-order chi connectivity index (χ0) is 27.6. The Morgan fingerprint density at radius 1 is 0.925 bits per heavy atom. The Labute approximate surface area is 232 Å². The standard InChI is InChI=1S/C32H23F2N3O2S/c33-27-10-8-21(15-28(27)34)19-37-12-2-6-24(32(37)39)29(38)11-9-20-4-1-5-22(14-20)26-18-36-31-25(26)16-23(17-35-31)30-7-3-13-40-30/h1-8,10,12-18H,9,11,19H2,(H,35,36). The molecule has 0 fully saturated rings. The van der Waals surface area contributed by atoms with E-state index in [1.54, 1.807) is 17.4 Å². The van der Waals surface area contributed by atoms with Crippen LogP contribution in [0.15, 0.2) is 102 Å². The lowest BCUT2D eigenvalue weighted by Crippen LogP contribution is -2.26. The molecule has 0 aliphatic rings. The zero-order valence-corrected chi connectivity index (χ0v) is 22.1. The lowest BCUT2D eigenvalue weighted by molar-refractivity contribution is 0.0980. The number of nitrogens with zero attached hydrogens (tertiary/aromatic N) is 2. The van der Waals surface area contributed by atoms with Crippen LogP contribution >= 0.6 is 11.3 Å². The summed E-state index contributed by atoms with van der Waals surface area (Å²) in [5.41, 5.74) is 4.91. The van der Waals surface area contributed by atoms with E-state index < -0.39 is 17.2 Å². The number of pyridine rings is 2. The number of Topliss-reactive ketones (excluding diaryl/α,β-unsaturated/α-hetero) is 1. The molecule has 1 N–H and O–H groups in total. The highest BCUT2D eigenvalue weighted by Gasteiger charge is 2.15. The molecular formula is C32H23F2N3O2S. The van der Waals surface area contributed by atoms with Gasteiger partial charge < -0.3 is 9.55 Å². The normalized spacial score (nSPS) is 11.2. The van der Waals surface area contributed by atoms with Crippen LogP contribution in [-0.2, 0) is 13.0 Å². The van der Waals surface area contributed by atoms with Crippen LogP contribution in [0, 0.1) is 11.6 Å². The van der Waals surface area contributed by atoms with Gasteiger partial charge in [-0.05, 0) is 64.9 Å². The van der Waals surface area contributed by atoms with Gasteiger partial charge in [0.15, 0.2) is 17.4 Å². The van der Waals surface area contributed by atoms with Crippen LogP contribution in [0.5, 0.6) is 0 Å². The van der Waals surface area contributed by atoms with E-state index in [9.17, 15) is 18.4 Å². The van der Waals surface area contributed by atoms with Gasteiger partial charge in [0.25, 0.3) is 5.56 Å². The SMILES string of the molecule is O=C(CCc1cccc(-c2c[nH]c3ncc(-c4cccs4)cc23)c1)c1cccn(Cc2ccc(F)c(F)c2)c1=O. The molecule has 40 heavy (non-hydrogen) atoms. The van der Waals surface area contributed by atoms with E-state index in [-0.39, 0.29) is 24.3 Å². The number of benzene rings is 2. The van der Waals surface area contributed by atoms with E-state index in [1.165, 1.54) is 22.9 Å². The van der Waals surface area contributed by atoms with Gasteiger partial charge in [0.2, 0.25) is 0 Å². The van der Waals surface area contributed by atoms with Crippen LogP contribution in [0.4, 0.5) is 8.78 Å². The predicted molar refractivity (Wildman–Crippen MR) is 154 cm³/mol. The molecule has 0 bridgehead atoms. The Morgan fingerprint density at radius 3 is 2.65 bits per heavy atom. The van der Waals surface area contributed by atoms with E-state index in [2.05, 4.69) is 28.2 Å². The molecule has 4 heterocycles. The molecule has 6 aromatic rings. The highest BCUT2D eigenvalue weighted by atomic mass is 32.1. The maximum absolute atomic E-state index is 13.6. The number of thiophene rings is 1. The van der Waals surface area contributed by atoms with Crippen LogP contribution in [-0.4, -0.2) is 20.3 Å². The maximum Gasteiger partial charge on any atom is 0.261 e. The molecule has 0 aliphatic carbocycles. The van der Waals surface area contributed by atoms with Crippen molar-refractivity contribution < 1.29 is 13.6 Å². The number of halogens is 2. The van der Waals surface area contributed by atoms with Gasteiger partial charge in [-0.3, -0.25) is 9.59 Å². The van der Waals surface area contributed by atoms with Gasteiger partial charge in [-0.25, -0.2) is 13.8 Å². The second kappa shape index (κ2) is 10.8. The summed E-state index contributed by atoms with van der Waals surface area (Å²) in [6, 6.07) is 20.8. The molecular weight excluding hydrogens is 528 g/mol. The summed E-state index contributed by atoms with van der Waals surface area (Å²) >= 11 is 1.67. The van der Waals surface area contributed by atoms with Crippen molar-refractivity contribution in [1.29, 1.82) is 0 Å². The van der Waals surface area contributed by atoms with Gasteiger partial charge in [0, 0.05) is 46.4 Å². The summed E-state index contributed by atoms with van der Waals surface area (Å²) in [6.45, 7) is 0.0346. The maximum atomic E-state index is 13.6. The van der Waals surface area contributed by atoms with Crippen molar-refractivity contribution in [2.24, 2.45) is 0 Å². The van der Waals surface area contributed by atoms with Crippen LogP contribution in [0.1, 0.15) is 27.9 Å². The van der Waals surface area contributed by atoms with Gasteiger partial charge in [0.05, 0.1) is 12.1 Å². The van der Waals surface area contributed by atoms with Crippen molar-refractivity contribution in [3.8, 4) is 21.6 Å². The quantitative estimate of drug-likeness (QED) is 0.203. The van der Waals surface area contributed by atoms with E-state index in [0.717, 1.165) is 50.3 Å². The summed E-state index contributed by atoms with van der Waals surface area (Å²) < 4.78 is 28.2. The number of aromatic amines is 1. The fourth-order valence-corrected chi connectivity index (χ4v) is 5.52. The Kier molecular flexibility index (Phi) is 6.92. The van der Waals surface area contributed by atoms with E-state index in [4.69, 9.17) is 0 Å². The largest absolute Gasteiger partial charge is 0.346 e. The molecule has 2 aromatic carbocycles. The molecule has 0 atom stereocenters. The minimum absolute atomic E-state index is 0.0346. The molecule has 0 amide bonds. The lowest BCUT2D eigenvalue weighted by atomic mass is 9.98. The fraction of sp³-hybridized carbons (Fsp3) is 0.0938. The monoisotopic (exact) mass is 551 g/mol. The molecule has 0 aliphatic heterocycles. The third-order valence-corrected chi connectivity index (χ3v) is 7.79. The molecule has 8 heteroatoms. The summed E-state index contributed by atoms with van der Waals surface area (Å²) in [5, 5.41) is 3.06. The highest BCUT2D eigenvalue weighted by molar-refractivity contribution is 7.13. The minimum atomic E-state index is -0.980. The molecule has 0 saturated carbocycles. The molecule has 0 unspecified atom stereocenters. The lowest BCUT2D eigenvalue weighted by Gasteiger charge is -2.09. The van der Waals surface area contributed by atoms with Gasteiger partial charge in [-0.2, -0.15) is 0 Å². The van der Waals surface area contributed by atoms with Crippen LogP contribution in [0.2, 0.25) is 0 Å². The first-order chi connectivity index (χ1) is 19.5. The molecule has 4 aromatic heterocycles. The first kappa shape index (κ1) is 25.6. The summed E-state index contributed by atoms with van der Waals surface area (Å²) in [4.78, 5) is 35.0. The number of hydrogen-bond donors (Lipinski definition) is 1. The summed E-state index contributed by atoms with van der Waals surface area (Å²) in [6.07, 6.45) is 5.96. The number of nitrogens with one attached hydrogen (secondary N) is 1. The first-order valence-corrected chi connectivity index (χ1v) is 13.6. The van der Waals surface area contributed by atoms with E-state index >= 15 is 0 Å².